The molecule has 0 radical (unpaired) electrons. The van der Waals surface area contributed by atoms with Gasteiger partial charge in [-0.2, -0.15) is 0 Å². The SMILES string of the molecule is Cc1cc(S(N)(=O)=O)ccc1C(=O)NC(C)C1CCCO1. The second-order valence-electron chi connectivity index (χ2n) is 5.34. The first kappa shape index (κ1) is 15.9. The van der Waals surface area contributed by atoms with Crippen molar-refractivity contribution in [3.8, 4) is 0 Å². The Balaban J connectivity index is 2.12. The number of nitrogens with two attached hydrogens (primary N) is 1. The molecule has 0 aromatic heterocycles. The average Bonchev–Trinajstić information content (AvgIpc) is 2.91. The highest BCUT2D eigenvalue weighted by Crippen LogP contribution is 2.17. The third-order valence-electron chi connectivity index (χ3n) is 3.65. The van der Waals surface area contributed by atoms with Crippen molar-refractivity contribution < 1.29 is 17.9 Å². The number of carbonyl (C=O) groups excluding carboxylic acids is 1. The molecule has 7 heteroatoms. The molecule has 1 aliphatic rings. The van der Waals surface area contributed by atoms with Gasteiger partial charge in [-0.3, -0.25) is 4.79 Å². The highest BCUT2D eigenvalue weighted by molar-refractivity contribution is 7.89. The second-order valence-corrected chi connectivity index (χ2v) is 6.90. The lowest BCUT2D eigenvalue weighted by molar-refractivity contribution is 0.0712. The standard InChI is InChI=1S/C14H20N2O4S/c1-9-8-11(21(15,18)19)5-6-12(9)14(17)16-10(2)13-4-3-7-20-13/h5-6,8,10,13H,3-4,7H2,1-2H3,(H,16,17)(H2,15,18,19). The first-order valence-electron chi connectivity index (χ1n) is 6.85. The van der Waals surface area contributed by atoms with Crippen molar-refractivity contribution in [2.75, 3.05) is 6.61 Å². The summed E-state index contributed by atoms with van der Waals surface area (Å²) in [7, 11) is -3.76. The summed E-state index contributed by atoms with van der Waals surface area (Å²) >= 11 is 0. The topological polar surface area (TPSA) is 98.5 Å². The molecule has 0 saturated carbocycles. The minimum Gasteiger partial charge on any atom is -0.376 e. The number of ether oxygens (including phenoxy) is 1. The van der Waals surface area contributed by atoms with Crippen LogP contribution in [0.3, 0.4) is 0 Å². The molecule has 1 aromatic carbocycles. The monoisotopic (exact) mass is 312 g/mol. The summed E-state index contributed by atoms with van der Waals surface area (Å²) in [5.74, 6) is -0.239. The zero-order valence-corrected chi connectivity index (χ0v) is 12.9. The van der Waals surface area contributed by atoms with Gasteiger partial charge in [0.2, 0.25) is 10.0 Å². The summed E-state index contributed by atoms with van der Waals surface area (Å²) in [5.41, 5.74) is 1.01. The van der Waals surface area contributed by atoms with Crippen molar-refractivity contribution >= 4 is 15.9 Å². The molecule has 1 amide bonds. The van der Waals surface area contributed by atoms with Crippen LogP contribution in [0.25, 0.3) is 0 Å². The van der Waals surface area contributed by atoms with Gasteiger partial charge in [0.15, 0.2) is 0 Å². The largest absolute Gasteiger partial charge is 0.376 e. The maximum atomic E-state index is 12.2. The molecule has 1 fully saturated rings. The van der Waals surface area contributed by atoms with Crippen molar-refractivity contribution in [2.45, 2.75) is 43.7 Å². The van der Waals surface area contributed by atoms with E-state index in [0.29, 0.717) is 11.1 Å². The Morgan fingerprint density at radius 2 is 2.19 bits per heavy atom. The fraction of sp³-hybridized carbons (Fsp3) is 0.500. The van der Waals surface area contributed by atoms with E-state index < -0.39 is 10.0 Å². The Kier molecular flexibility index (Phi) is 4.65. The van der Waals surface area contributed by atoms with Crippen molar-refractivity contribution in [3.05, 3.63) is 29.3 Å². The van der Waals surface area contributed by atoms with Crippen LogP contribution in [0.2, 0.25) is 0 Å². The Bertz CT molecular complexity index is 636. The van der Waals surface area contributed by atoms with E-state index in [1.165, 1.54) is 18.2 Å². The van der Waals surface area contributed by atoms with Gasteiger partial charge in [-0.05, 0) is 50.5 Å². The van der Waals surface area contributed by atoms with Crippen LogP contribution in [0.15, 0.2) is 23.1 Å². The molecular weight excluding hydrogens is 292 g/mol. The van der Waals surface area contributed by atoms with Crippen LogP contribution in [0.4, 0.5) is 0 Å². The second kappa shape index (κ2) is 6.13. The minimum absolute atomic E-state index is 0.00345. The lowest BCUT2D eigenvalue weighted by Crippen LogP contribution is -2.41. The Hall–Kier alpha value is -1.44. The Labute approximate surface area is 124 Å². The van der Waals surface area contributed by atoms with E-state index in [1.54, 1.807) is 6.92 Å². The van der Waals surface area contributed by atoms with Crippen LogP contribution < -0.4 is 10.5 Å². The van der Waals surface area contributed by atoms with E-state index in [-0.39, 0.29) is 22.9 Å². The van der Waals surface area contributed by atoms with Crippen molar-refractivity contribution in [1.29, 1.82) is 0 Å². The molecule has 2 rings (SSSR count). The lowest BCUT2D eigenvalue weighted by atomic mass is 10.1. The summed E-state index contributed by atoms with van der Waals surface area (Å²) < 4.78 is 28.1. The summed E-state index contributed by atoms with van der Waals surface area (Å²) in [6, 6.07) is 4.14. The van der Waals surface area contributed by atoms with E-state index in [9.17, 15) is 13.2 Å². The molecule has 3 N–H and O–H groups in total. The van der Waals surface area contributed by atoms with Gasteiger partial charge >= 0.3 is 0 Å². The highest BCUT2D eigenvalue weighted by Gasteiger charge is 2.24. The number of primary sulfonamides is 1. The molecule has 1 aromatic rings. The van der Waals surface area contributed by atoms with Crippen LogP contribution in [0, 0.1) is 6.92 Å². The zero-order valence-electron chi connectivity index (χ0n) is 12.1. The van der Waals surface area contributed by atoms with Crippen LogP contribution >= 0.6 is 0 Å². The molecule has 0 bridgehead atoms. The number of carbonyl (C=O) groups is 1. The summed E-state index contributed by atoms with van der Waals surface area (Å²) in [5, 5.41) is 7.96. The molecular formula is C14H20N2O4S. The summed E-state index contributed by atoms with van der Waals surface area (Å²) in [6.45, 7) is 4.31. The van der Waals surface area contributed by atoms with Gasteiger partial charge in [-0.1, -0.05) is 0 Å². The molecule has 0 aliphatic carbocycles. The van der Waals surface area contributed by atoms with E-state index in [2.05, 4.69) is 5.32 Å². The number of rotatable bonds is 4. The third-order valence-corrected chi connectivity index (χ3v) is 4.56. The third kappa shape index (κ3) is 3.81. The number of aryl methyl sites for hydroxylation is 1. The van der Waals surface area contributed by atoms with E-state index in [1.807, 2.05) is 6.92 Å². The van der Waals surface area contributed by atoms with Gasteiger partial charge < -0.3 is 10.1 Å². The van der Waals surface area contributed by atoms with Gasteiger partial charge in [0.25, 0.3) is 5.91 Å². The molecule has 1 aliphatic heterocycles. The van der Waals surface area contributed by atoms with Crippen molar-refractivity contribution in [3.63, 3.8) is 0 Å². The maximum absolute atomic E-state index is 12.2. The van der Waals surface area contributed by atoms with Gasteiger partial charge in [-0.25, -0.2) is 13.6 Å². The van der Waals surface area contributed by atoms with Gasteiger partial charge in [0.05, 0.1) is 17.0 Å². The van der Waals surface area contributed by atoms with Gasteiger partial charge in [-0.15, -0.1) is 0 Å². The first-order valence-corrected chi connectivity index (χ1v) is 8.39. The fourth-order valence-corrected chi connectivity index (χ4v) is 3.04. The zero-order chi connectivity index (χ0) is 15.6. The normalized spacial score (nSPS) is 20.2. The van der Waals surface area contributed by atoms with E-state index in [0.717, 1.165) is 19.4 Å². The van der Waals surface area contributed by atoms with E-state index >= 15 is 0 Å². The number of amides is 1. The number of hydrogen-bond donors (Lipinski definition) is 2. The summed E-state index contributed by atoms with van der Waals surface area (Å²) in [6.07, 6.45) is 1.98. The maximum Gasteiger partial charge on any atom is 0.251 e. The predicted octanol–water partition coefficient (Wildman–Crippen LogP) is 0.940. The number of nitrogens with one attached hydrogen (secondary N) is 1. The van der Waals surface area contributed by atoms with Crippen LogP contribution in [-0.2, 0) is 14.8 Å². The van der Waals surface area contributed by atoms with Gasteiger partial charge in [0, 0.05) is 12.2 Å². The summed E-state index contributed by atoms with van der Waals surface area (Å²) in [4.78, 5) is 12.2. The number of benzene rings is 1. The molecule has 0 spiro atoms. The molecule has 2 atom stereocenters. The number of sulfonamides is 1. The molecule has 6 nitrogen and oxygen atoms in total. The molecule has 1 saturated heterocycles. The predicted molar refractivity (Wildman–Crippen MR) is 78.5 cm³/mol. The van der Waals surface area contributed by atoms with Crippen molar-refractivity contribution in [2.24, 2.45) is 5.14 Å². The molecule has 2 unspecified atom stereocenters. The van der Waals surface area contributed by atoms with E-state index in [4.69, 9.17) is 9.88 Å². The number of hydrogen-bond acceptors (Lipinski definition) is 4. The highest BCUT2D eigenvalue weighted by atomic mass is 32.2. The van der Waals surface area contributed by atoms with Crippen LogP contribution in [-0.4, -0.2) is 33.1 Å². The quantitative estimate of drug-likeness (QED) is 0.864. The fourth-order valence-electron chi connectivity index (χ4n) is 2.44. The smallest absolute Gasteiger partial charge is 0.251 e. The van der Waals surface area contributed by atoms with Crippen molar-refractivity contribution in [1.82, 2.24) is 5.32 Å². The van der Waals surface area contributed by atoms with Crippen LogP contribution in [0.5, 0.6) is 0 Å². The average molecular weight is 312 g/mol. The Morgan fingerprint density at radius 1 is 1.48 bits per heavy atom. The lowest BCUT2D eigenvalue weighted by Gasteiger charge is -2.20. The Morgan fingerprint density at radius 3 is 2.71 bits per heavy atom. The molecule has 21 heavy (non-hydrogen) atoms. The van der Waals surface area contributed by atoms with Gasteiger partial charge in [0.1, 0.15) is 0 Å². The molecule has 1 heterocycles. The first-order chi connectivity index (χ1) is 9.79. The molecule has 116 valence electrons. The minimum atomic E-state index is -3.76. The van der Waals surface area contributed by atoms with Crippen LogP contribution in [0.1, 0.15) is 35.7 Å².